The van der Waals surface area contributed by atoms with Crippen molar-refractivity contribution in [1.82, 2.24) is 10.2 Å². The number of hydrogen-bond acceptors (Lipinski definition) is 3. The Hall–Kier alpha value is -0.870. The monoisotopic (exact) mass is 264 g/mol. The molecule has 1 N–H and O–H groups in total. The van der Waals surface area contributed by atoms with Crippen LogP contribution in [0.4, 0.5) is 0 Å². The molecule has 3 rings (SSSR count). The number of nitrogens with zero attached hydrogens (tertiary/aromatic N) is 1. The fourth-order valence-corrected chi connectivity index (χ4v) is 3.46. The molecule has 1 aromatic rings. The van der Waals surface area contributed by atoms with Crippen LogP contribution in [-0.2, 0) is 11.3 Å². The quantitative estimate of drug-likeness (QED) is 0.904. The number of amides is 1. The molecule has 4 heteroatoms. The fourth-order valence-electron chi connectivity index (χ4n) is 2.75. The summed E-state index contributed by atoms with van der Waals surface area (Å²) in [5, 5.41) is 5.47. The molecule has 1 aliphatic heterocycles. The van der Waals surface area contributed by atoms with Crippen molar-refractivity contribution in [1.29, 1.82) is 0 Å². The Labute approximate surface area is 112 Å². The van der Waals surface area contributed by atoms with Gasteiger partial charge in [-0.15, -0.1) is 11.3 Å². The Bertz CT molecular complexity index is 413. The van der Waals surface area contributed by atoms with Crippen molar-refractivity contribution >= 4 is 17.2 Å². The van der Waals surface area contributed by atoms with E-state index in [-0.39, 0.29) is 5.92 Å². The average Bonchev–Trinajstić information content (AvgIpc) is 2.89. The summed E-state index contributed by atoms with van der Waals surface area (Å²) in [4.78, 5) is 16.1. The second kappa shape index (κ2) is 5.02. The molecular formula is C14H20N2OS. The number of carbonyl (C=O) groups excluding carboxylic acids is 1. The summed E-state index contributed by atoms with van der Waals surface area (Å²) in [6, 6.07) is 5.04. The molecule has 0 aromatic carbocycles. The molecule has 18 heavy (non-hydrogen) atoms. The minimum atomic E-state index is 0.186. The maximum absolute atomic E-state index is 12.7. The summed E-state index contributed by atoms with van der Waals surface area (Å²) in [5.41, 5.74) is 0. The highest BCUT2D eigenvalue weighted by atomic mass is 32.1. The number of thiophene rings is 1. The van der Waals surface area contributed by atoms with Gasteiger partial charge in [0.25, 0.3) is 0 Å². The summed E-state index contributed by atoms with van der Waals surface area (Å²) < 4.78 is 0. The third kappa shape index (κ3) is 2.45. The molecule has 1 aliphatic carbocycles. The standard InChI is InChI=1S/C14H20N2OS/c1-10-13(6-7-15-10)14(17)16(11-4-5-11)9-12-3-2-8-18-12/h2-3,8,10-11,13,15H,4-7,9H2,1H3. The fraction of sp³-hybridized carbons (Fsp3) is 0.643. The van der Waals surface area contributed by atoms with E-state index in [2.05, 4.69) is 34.7 Å². The topological polar surface area (TPSA) is 32.3 Å². The van der Waals surface area contributed by atoms with Crippen molar-refractivity contribution in [3.05, 3.63) is 22.4 Å². The summed E-state index contributed by atoms with van der Waals surface area (Å²) in [6.45, 7) is 3.92. The number of carbonyl (C=O) groups is 1. The molecule has 0 spiro atoms. The van der Waals surface area contributed by atoms with E-state index in [1.807, 2.05) is 0 Å². The predicted molar refractivity (Wildman–Crippen MR) is 73.5 cm³/mol. The van der Waals surface area contributed by atoms with Crippen LogP contribution in [0.3, 0.4) is 0 Å². The van der Waals surface area contributed by atoms with Gasteiger partial charge in [-0.2, -0.15) is 0 Å². The summed E-state index contributed by atoms with van der Waals surface area (Å²) in [5.74, 6) is 0.550. The van der Waals surface area contributed by atoms with Crippen LogP contribution in [0.1, 0.15) is 31.1 Å². The Morgan fingerprint density at radius 1 is 1.50 bits per heavy atom. The third-order valence-corrected chi connectivity index (χ3v) is 4.88. The predicted octanol–water partition coefficient (Wildman–Crippen LogP) is 2.24. The van der Waals surface area contributed by atoms with Crippen molar-refractivity contribution < 1.29 is 4.79 Å². The molecule has 2 atom stereocenters. The minimum absolute atomic E-state index is 0.186. The van der Waals surface area contributed by atoms with Crippen molar-refractivity contribution in [2.45, 2.75) is 44.8 Å². The first-order valence-corrected chi connectivity index (χ1v) is 7.70. The largest absolute Gasteiger partial charge is 0.334 e. The number of nitrogens with one attached hydrogen (secondary N) is 1. The highest BCUT2D eigenvalue weighted by Crippen LogP contribution is 2.32. The molecule has 2 fully saturated rings. The molecule has 1 aromatic heterocycles. The lowest BCUT2D eigenvalue weighted by Gasteiger charge is -2.26. The highest BCUT2D eigenvalue weighted by Gasteiger charge is 2.39. The van der Waals surface area contributed by atoms with E-state index in [1.54, 1.807) is 11.3 Å². The first-order chi connectivity index (χ1) is 8.75. The van der Waals surface area contributed by atoms with Gasteiger partial charge in [0.15, 0.2) is 0 Å². The van der Waals surface area contributed by atoms with Crippen molar-refractivity contribution in [3.8, 4) is 0 Å². The summed E-state index contributed by atoms with van der Waals surface area (Å²) in [7, 11) is 0. The van der Waals surface area contributed by atoms with E-state index in [0.29, 0.717) is 18.0 Å². The van der Waals surface area contributed by atoms with Crippen molar-refractivity contribution in [2.24, 2.45) is 5.92 Å². The minimum Gasteiger partial charge on any atom is -0.334 e. The highest BCUT2D eigenvalue weighted by molar-refractivity contribution is 7.09. The summed E-state index contributed by atoms with van der Waals surface area (Å²) in [6.07, 6.45) is 3.37. The Kier molecular flexibility index (Phi) is 3.39. The molecule has 98 valence electrons. The molecule has 1 saturated heterocycles. The summed E-state index contributed by atoms with van der Waals surface area (Å²) >= 11 is 1.75. The van der Waals surface area contributed by atoms with Crippen molar-refractivity contribution in [2.75, 3.05) is 6.54 Å². The van der Waals surface area contributed by atoms with E-state index >= 15 is 0 Å². The maximum Gasteiger partial charge on any atom is 0.227 e. The van der Waals surface area contributed by atoms with Gasteiger partial charge < -0.3 is 10.2 Å². The molecule has 2 aliphatic rings. The van der Waals surface area contributed by atoms with E-state index < -0.39 is 0 Å². The lowest BCUT2D eigenvalue weighted by Crippen LogP contribution is -2.41. The molecule has 0 radical (unpaired) electrons. The van der Waals surface area contributed by atoms with Crippen LogP contribution in [0.15, 0.2) is 17.5 Å². The lowest BCUT2D eigenvalue weighted by molar-refractivity contribution is -0.136. The van der Waals surface area contributed by atoms with E-state index in [9.17, 15) is 4.79 Å². The zero-order valence-electron chi connectivity index (χ0n) is 10.8. The van der Waals surface area contributed by atoms with Crippen LogP contribution < -0.4 is 5.32 Å². The third-order valence-electron chi connectivity index (χ3n) is 4.02. The molecule has 2 heterocycles. The second-order valence-corrected chi connectivity index (χ2v) is 6.45. The van der Waals surface area contributed by atoms with Crippen LogP contribution in [0.5, 0.6) is 0 Å². The van der Waals surface area contributed by atoms with Gasteiger partial charge in [-0.3, -0.25) is 4.79 Å². The van der Waals surface area contributed by atoms with Gasteiger partial charge in [-0.25, -0.2) is 0 Å². The van der Waals surface area contributed by atoms with E-state index in [1.165, 1.54) is 17.7 Å². The zero-order chi connectivity index (χ0) is 12.5. The van der Waals surface area contributed by atoms with Crippen LogP contribution >= 0.6 is 11.3 Å². The van der Waals surface area contributed by atoms with Crippen LogP contribution in [0.25, 0.3) is 0 Å². The van der Waals surface area contributed by atoms with Gasteiger partial charge >= 0.3 is 0 Å². The van der Waals surface area contributed by atoms with E-state index in [4.69, 9.17) is 0 Å². The van der Waals surface area contributed by atoms with Crippen LogP contribution in [-0.4, -0.2) is 29.4 Å². The first-order valence-electron chi connectivity index (χ1n) is 6.82. The van der Waals surface area contributed by atoms with Gasteiger partial charge in [0, 0.05) is 17.0 Å². The molecule has 3 nitrogen and oxygen atoms in total. The zero-order valence-corrected chi connectivity index (χ0v) is 11.6. The number of rotatable bonds is 4. The Morgan fingerprint density at radius 3 is 2.89 bits per heavy atom. The lowest BCUT2D eigenvalue weighted by atomic mass is 10.00. The van der Waals surface area contributed by atoms with E-state index in [0.717, 1.165) is 19.5 Å². The van der Waals surface area contributed by atoms with Crippen molar-refractivity contribution in [3.63, 3.8) is 0 Å². The number of hydrogen-bond donors (Lipinski definition) is 1. The smallest absolute Gasteiger partial charge is 0.227 e. The Morgan fingerprint density at radius 2 is 2.33 bits per heavy atom. The van der Waals surface area contributed by atoms with Gasteiger partial charge in [-0.1, -0.05) is 6.07 Å². The van der Waals surface area contributed by atoms with Gasteiger partial charge in [0.1, 0.15) is 0 Å². The van der Waals surface area contributed by atoms with Gasteiger partial charge in [0.2, 0.25) is 5.91 Å². The first kappa shape index (κ1) is 12.2. The average molecular weight is 264 g/mol. The molecular weight excluding hydrogens is 244 g/mol. The molecule has 1 saturated carbocycles. The molecule has 1 amide bonds. The van der Waals surface area contributed by atoms with Gasteiger partial charge in [0.05, 0.1) is 12.5 Å². The molecule has 0 bridgehead atoms. The van der Waals surface area contributed by atoms with Crippen LogP contribution in [0.2, 0.25) is 0 Å². The molecule has 2 unspecified atom stereocenters. The SMILES string of the molecule is CC1NCCC1C(=O)N(Cc1cccs1)C1CC1. The maximum atomic E-state index is 12.7. The normalized spacial score (nSPS) is 27.4. The Balaban J connectivity index is 1.71. The van der Waals surface area contributed by atoms with Gasteiger partial charge in [-0.05, 0) is 44.2 Å². The van der Waals surface area contributed by atoms with Crippen LogP contribution in [0, 0.1) is 5.92 Å². The second-order valence-electron chi connectivity index (χ2n) is 5.41.